The molecular formula is C44H58FN5. The van der Waals surface area contributed by atoms with Crippen LogP contribution in [0, 0.1) is 25.7 Å². The zero-order chi connectivity index (χ0) is 36.2. The molecule has 50 heavy (non-hydrogen) atoms. The highest BCUT2D eigenvalue weighted by molar-refractivity contribution is 5.82. The van der Waals surface area contributed by atoms with E-state index in [1.54, 1.807) is 6.92 Å². The molecule has 3 unspecified atom stereocenters. The summed E-state index contributed by atoms with van der Waals surface area (Å²) in [6.07, 6.45) is 7.22. The molecule has 6 heteroatoms. The highest BCUT2D eigenvalue weighted by Gasteiger charge is 2.32. The lowest BCUT2D eigenvalue weighted by Gasteiger charge is -2.31. The van der Waals surface area contributed by atoms with Crippen molar-refractivity contribution in [2.45, 2.75) is 106 Å². The number of nitrogens with two attached hydrogens (primary N) is 1. The maximum atomic E-state index is 16.8. The molecule has 5 nitrogen and oxygen atoms in total. The standard InChI is InChI=1S/C44H58FN5/c1-10-31(6)34-22-23-49(27-34)28-42-40(11-2)48-41(26-47-42)38-16-12-14-36(32(38)7)37-15-13-17-39(33(37)8)43-21-20-35(25-46)50(43)44(9,45)24-30(5)19-18-29(3)4/h12-17,20-21,26,30,34H,3,6,10-11,18-19,22-25,27-28,46H2,1-2,4-5,7-9H3. The minimum absolute atomic E-state index is 0.199. The Morgan fingerprint density at radius 1 is 1.00 bits per heavy atom. The molecule has 0 bridgehead atoms. The normalized spacial score (nSPS) is 16.8. The van der Waals surface area contributed by atoms with Gasteiger partial charge < -0.3 is 10.3 Å². The largest absolute Gasteiger partial charge is 0.325 e. The van der Waals surface area contributed by atoms with Crippen molar-refractivity contribution in [2.24, 2.45) is 17.6 Å². The summed E-state index contributed by atoms with van der Waals surface area (Å²) < 4.78 is 18.7. The van der Waals surface area contributed by atoms with E-state index < -0.39 is 5.79 Å². The van der Waals surface area contributed by atoms with Crippen molar-refractivity contribution in [1.29, 1.82) is 0 Å². The van der Waals surface area contributed by atoms with Crippen LogP contribution in [-0.2, 0) is 25.3 Å². The molecular weight excluding hydrogens is 618 g/mol. The summed E-state index contributed by atoms with van der Waals surface area (Å²) in [5, 5.41) is 0. The molecule has 0 saturated carbocycles. The van der Waals surface area contributed by atoms with Crippen molar-refractivity contribution in [2.75, 3.05) is 13.1 Å². The van der Waals surface area contributed by atoms with E-state index in [-0.39, 0.29) is 12.5 Å². The maximum Gasteiger partial charge on any atom is 0.184 e. The quantitative estimate of drug-likeness (QED) is 0.127. The molecule has 0 radical (unpaired) electrons. The van der Waals surface area contributed by atoms with Crippen molar-refractivity contribution in [3.63, 3.8) is 0 Å². The number of aromatic nitrogens is 3. The van der Waals surface area contributed by atoms with Gasteiger partial charge in [0.1, 0.15) is 0 Å². The van der Waals surface area contributed by atoms with Crippen LogP contribution in [0.4, 0.5) is 4.39 Å². The summed E-state index contributed by atoms with van der Waals surface area (Å²) in [6.45, 7) is 26.1. The van der Waals surface area contributed by atoms with Crippen LogP contribution in [0.3, 0.4) is 0 Å². The summed E-state index contributed by atoms with van der Waals surface area (Å²) >= 11 is 0. The second-order valence-corrected chi connectivity index (χ2v) is 14.9. The molecule has 5 rings (SSSR count). The number of halogens is 1. The van der Waals surface area contributed by atoms with E-state index in [0.29, 0.717) is 12.3 Å². The van der Waals surface area contributed by atoms with Gasteiger partial charge in [-0.15, -0.1) is 6.58 Å². The minimum Gasteiger partial charge on any atom is -0.325 e. The van der Waals surface area contributed by atoms with Crippen molar-refractivity contribution in [1.82, 2.24) is 19.4 Å². The topological polar surface area (TPSA) is 60.0 Å². The molecule has 2 N–H and O–H groups in total. The number of rotatable bonds is 15. The molecule has 3 heterocycles. The molecule has 1 saturated heterocycles. The number of nitrogens with zero attached hydrogens (tertiary/aromatic N) is 4. The fourth-order valence-corrected chi connectivity index (χ4v) is 7.94. The number of alkyl halides is 1. The number of benzene rings is 2. The van der Waals surface area contributed by atoms with Gasteiger partial charge in [0.25, 0.3) is 0 Å². The van der Waals surface area contributed by atoms with Crippen LogP contribution in [0.25, 0.3) is 33.6 Å². The summed E-state index contributed by atoms with van der Waals surface area (Å²) in [5.74, 6) is -0.814. The third-order valence-electron chi connectivity index (χ3n) is 10.9. The molecule has 1 aliphatic rings. The van der Waals surface area contributed by atoms with Crippen molar-refractivity contribution < 1.29 is 4.39 Å². The van der Waals surface area contributed by atoms with E-state index in [0.717, 1.165) is 113 Å². The first-order valence-corrected chi connectivity index (χ1v) is 18.6. The summed E-state index contributed by atoms with van der Waals surface area (Å²) in [5.41, 5.74) is 20.0. The van der Waals surface area contributed by atoms with Crippen LogP contribution >= 0.6 is 0 Å². The average molecular weight is 676 g/mol. The van der Waals surface area contributed by atoms with Gasteiger partial charge in [-0.1, -0.05) is 74.9 Å². The fraction of sp³-hybridized carbons (Fsp3) is 0.455. The van der Waals surface area contributed by atoms with Gasteiger partial charge in [0.15, 0.2) is 5.79 Å². The van der Waals surface area contributed by atoms with Crippen molar-refractivity contribution in [3.8, 4) is 33.6 Å². The number of aryl methyl sites for hydroxylation is 1. The lowest BCUT2D eigenvalue weighted by Crippen LogP contribution is -2.30. The zero-order valence-electron chi connectivity index (χ0n) is 31.6. The van der Waals surface area contributed by atoms with E-state index in [2.05, 4.69) is 89.1 Å². The zero-order valence-corrected chi connectivity index (χ0v) is 31.6. The third kappa shape index (κ3) is 8.03. The smallest absolute Gasteiger partial charge is 0.184 e. The molecule has 4 aromatic rings. The number of hydrogen-bond donors (Lipinski definition) is 1. The molecule has 0 spiro atoms. The first kappa shape index (κ1) is 37.4. The lowest BCUT2D eigenvalue weighted by molar-refractivity contribution is 0.0604. The van der Waals surface area contributed by atoms with E-state index in [9.17, 15) is 0 Å². The Labute approximate surface area is 300 Å². The van der Waals surface area contributed by atoms with E-state index >= 15 is 4.39 Å². The van der Waals surface area contributed by atoms with Crippen LogP contribution in [-0.4, -0.2) is 32.5 Å². The Kier molecular flexibility index (Phi) is 12.0. The second-order valence-electron chi connectivity index (χ2n) is 14.9. The van der Waals surface area contributed by atoms with Crippen LogP contribution in [0.1, 0.15) is 94.9 Å². The molecule has 1 fully saturated rings. The first-order chi connectivity index (χ1) is 23.9. The monoisotopic (exact) mass is 675 g/mol. The van der Waals surface area contributed by atoms with Crippen LogP contribution in [0.2, 0.25) is 0 Å². The minimum atomic E-state index is -1.59. The third-order valence-corrected chi connectivity index (χ3v) is 10.9. The Balaban J connectivity index is 1.46. The molecule has 0 amide bonds. The Bertz CT molecular complexity index is 1830. The van der Waals surface area contributed by atoms with E-state index in [1.807, 2.05) is 29.8 Å². The predicted molar refractivity (Wildman–Crippen MR) is 208 cm³/mol. The molecule has 0 aliphatic carbocycles. The summed E-state index contributed by atoms with van der Waals surface area (Å²) in [7, 11) is 0. The molecule has 266 valence electrons. The van der Waals surface area contributed by atoms with Gasteiger partial charge >= 0.3 is 0 Å². The molecule has 2 aromatic carbocycles. The highest BCUT2D eigenvalue weighted by Crippen LogP contribution is 2.41. The first-order valence-electron chi connectivity index (χ1n) is 18.6. The van der Waals surface area contributed by atoms with Crippen molar-refractivity contribution in [3.05, 3.63) is 107 Å². The predicted octanol–water partition coefficient (Wildman–Crippen LogP) is 10.7. The lowest BCUT2D eigenvalue weighted by atomic mass is 9.89. The van der Waals surface area contributed by atoms with Crippen molar-refractivity contribution >= 4 is 0 Å². The average Bonchev–Trinajstić information content (AvgIpc) is 3.75. The Hall–Kier alpha value is -3.87. The highest BCUT2D eigenvalue weighted by atomic mass is 19.1. The number of likely N-dealkylation sites (tertiary alicyclic amines) is 1. The van der Waals surface area contributed by atoms with Gasteiger partial charge in [-0.2, -0.15) is 0 Å². The number of hydrogen-bond acceptors (Lipinski definition) is 4. The van der Waals surface area contributed by atoms with Gasteiger partial charge in [0, 0.05) is 42.9 Å². The van der Waals surface area contributed by atoms with E-state index in [4.69, 9.17) is 15.7 Å². The van der Waals surface area contributed by atoms with Gasteiger partial charge in [0.05, 0.1) is 29.0 Å². The van der Waals surface area contributed by atoms with Gasteiger partial charge in [-0.3, -0.25) is 9.88 Å². The van der Waals surface area contributed by atoms with Crippen LogP contribution in [0.15, 0.2) is 79.0 Å². The van der Waals surface area contributed by atoms with Gasteiger partial charge in [0.2, 0.25) is 0 Å². The van der Waals surface area contributed by atoms with E-state index in [1.165, 1.54) is 12.0 Å². The van der Waals surface area contributed by atoms with Crippen LogP contribution in [0.5, 0.6) is 0 Å². The molecule has 1 aliphatic heterocycles. The summed E-state index contributed by atoms with van der Waals surface area (Å²) in [6, 6.07) is 16.8. The molecule has 3 atom stereocenters. The fourth-order valence-electron chi connectivity index (χ4n) is 7.94. The van der Waals surface area contributed by atoms with Gasteiger partial charge in [-0.05, 0) is 113 Å². The Morgan fingerprint density at radius 3 is 2.30 bits per heavy atom. The SMILES string of the molecule is C=C(C)CCC(C)CC(C)(F)n1c(CN)ccc1-c1cccc(-c2cccc(-c3cnc(CN4CCC(C(=C)CC)C4)c(CC)n3)c2C)c1C. The second kappa shape index (κ2) is 16.0. The maximum absolute atomic E-state index is 16.8. The Morgan fingerprint density at radius 2 is 1.66 bits per heavy atom. The summed E-state index contributed by atoms with van der Waals surface area (Å²) in [4.78, 5) is 12.7. The van der Waals surface area contributed by atoms with Crippen LogP contribution < -0.4 is 5.73 Å². The van der Waals surface area contributed by atoms with Gasteiger partial charge in [-0.25, -0.2) is 9.37 Å². The molecule has 2 aromatic heterocycles. The number of allylic oxidation sites excluding steroid dienone is 1.